The molecule has 18 heavy (non-hydrogen) atoms. The second-order valence-corrected chi connectivity index (χ2v) is 5.14. The number of imidazole rings is 1. The highest BCUT2D eigenvalue weighted by atomic mass is 16.5. The number of hydrogen-bond acceptors (Lipinski definition) is 4. The van der Waals surface area contributed by atoms with Gasteiger partial charge in [-0.25, -0.2) is 10.4 Å². The molecule has 102 valence electrons. The minimum atomic E-state index is 0.0000311. The van der Waals surface area contributed by atoms with Crippen LogP contribution in [0.3, 0.4) is 0 Å². The van der Waals surface area contributed by atoms with Crippen LogP contribution in [0.25, 0.3) is 0 Å². The third-order valence-electron chi connectivity index (χ3n) is 4.00. The first-order valence-corrected chi connectivity index (χ1v) is 6.77. The second kappa shape index (κ2) is 5.82. The van der Waals surface area contributed by atoms with Gasteiger partial charge >= 0.3 is 0 Å². The zero-order valence-electron chi connectivity index (χ0n) is 11.4. The van der Waals surface area contributed by atoms with Crippen LogP contribution in [0.5, 0.6) is 0 Å². The first-order valence-electron chi connectivity index (χ1n) is 6.77. The summed E-state index contributed by atoms with van der Waals surface area (Å²) in [5.41, 5.74) is 2.90. The number of nitrogens with one attached hydrogen (secondary N) is 1. The number of rotatable bonds is 7. The van der Waals surface area contributed by atoms with E-state index in [1.807, 2.05) is 12.4 Å². The van der Waals surface area contributed by atoms with Crippen molar-refractivity contribution in [2.75, 3.05) is 7.11 Å². The monoisotopic (exact) mass is 252 g/mol. The first-order chi connectivity index (χ1) is 8.74. The van der Waals surface area contributed by atoms with E-state index in [0.717, 1.165) is 38.1 Å². The molecule has 2 rings (SSSR count). The maximum absolute atomic E-state index is 5.71. The van der Waals surface area contributed by atoms with Gasteiger partial charge in [-0.15, -0.1) is 0 Å². The minimum Gasteiger partial charge on any atom is -0.378 e. The van der Waals surface area contributed by atoms with Gasteiger partial charge in [0.05, 0.1) is 11.6 Å². The van der Waals surface area contributed by atoms with Crippen LogP contribution in [0.2, 0.25) is 0 Å². The van der Waals surface area contributed by atoms with E-state index in [-0.39, 0.29) is 11.6 Å². The highest BCUT2D eigenvalue weighted by Crippen LogP contribution is 2.41. The van der Waals surface area contributed by atoms with Gasteiger partial charge in [0.2, 0.25) is 0 Å². The third kappa shape index (κ3) is 2.58. The molecule has 5 heteroatoms. The minimum absolute atomic E-state index is 0.0000311. The van der Waals surface area contributed by atoms with E-state index in [0.29, 0.717) is 0 Å². The zero-order valence-corrected chi connectivity index (χ0v) is 11.4. The van der Waals surface area contributed by atoms with Crippen LogP contribution in [0.15, 0.2) is 12.4 Å². The summed E-state index contributed by atoms with van der Waals surface area (Å²) in [6.45, 7) is 3.14. The SMILES string of the molecule is CCCn1ccnc1C(CC1(OC)CCC1)NN. The lowest BCUT2D eigenvalue weighted by molar-refractivity contribution is -0.0845. The average Bonchev–Trinajstić information content (AvgIpc) is 2.78. The molecular weight excluding hydrogens is 228 g/mol. The zero-order chi connectivity index (χ0) is 13.0. The lowest BCUT2D eigenvalue weighted by Crippen LogP contribution is -2.44. The van der Waals surface area contributed by atoms with Crippen molar-refractivity contribution in [2.45, 2.75) is 57.2 Å². The highest BCUT2D eigenvalue weighted by molar-refractivity contribution is 5.04. The Labute approximate surface area is 109 Å². The highest BCUT2D eigenvalue weighted by Gasteiger charge is 2.40. The second-order valence-electron chi connectivity index (χ2n) is 5.14. The summed E-state index contributed by atoms with van der Waals surface area (Å²) in [7, 11) is 1.80. The third-order valence-corrected chi connectivity index (χ3v) is 4.00. The van der Waals surface area contributed by atoms with Gasteiger partial charge in [-0.2, -0.15) is 0 Å². The first kappa shape index (κ1) is 13.5. The molecule has 0 radical (unpaired) electrons. The predicted molar refractivity (Wildman–Crippen MR) is 70.8 cm³/mol. The maximum Gasteiger partial charge on any atom is 0.127 e. The fourth-order valence-corrected chi connectivity index (χ4v) is 2.72. The number of nitrogens with zero attached hydrogens (tertiary/aromatic N) is 2. The summed E-state index contributed by atoms with van der Waals surface area (Å²) in [5, 5.41) is 0. The Kier molecular flexibility index (Phi) is 4.37. The summed E-state index contributed by atoms with van der Waals surface area (Å²) < 4.78 is 7.84. The summed E-state index contributed by atoms with van der Waals surface area (Å²) >= 11 is 0. The molecule has 5 nitrogen and oxygen atoms in total. The summed E-state index contributed by atoms with van der Waals surface area (Å²) in [5.74, 6) is 6.73. The van der Waals surface area contributed by atoms with Gasteiger partial charge in [0, 0.05) is 32.5 Å². The van der Waals surface area contributed by atoms with Gasteiger partial charge in [-0.3, -0.25) is 5.84 Å². The number of hydrazine groups is 1. The standard InChI is InChI=1S/C13H24N4O/c1-3-8-17-9-7-15-12(17)11(16-14)10-13(18-2)5-4-6-13/h7,9,11,16H,3-6,8,10,14H2,1-2H3. The summed E-state index contributed by atoms with van der Waals surface area (Å²) in [6, 6.07) is 0.0619. The van der Waals surface area contributed by atoms with Gasteiger partial charge in [-0.1, -0.05) is 6.92 Å². The topological polar surface area (TPSA) is 65.1 Å². The number of aromatic nitrogens is 2. The molecule has 0 aromatic carbocycles. The van der Waals surface area contributed by atoms with Crippen molar-refractivity contribution >= 4 is 0 Å². The largest absolute Gasteiger partial charge is 0.378 e. The Balaban J connectivity index is 2.10. The fourth-order valence-electron chi connectivity index (χ4n) is 2.72. The van der Waals surface area contributed by atoms with E-state index in [4.69, 9.17) is 10.6 Å². The van der Waals surface area contributed by atoms with E-state index in [9.17, 15) is 0 Å². The van der Waals surface area contributed by atoms with Gasteiger partial charge in [-0.05, 0) is 25.7 Å². The van der Waals surface area contributed by atoms with Crippen molar-refractivity contribution in [2.24, 2.45) is 5.84 Å². The molecule has 1 saturated carbocycles. The average molecular weight is 252 g/mol. The Hall–Kier alpha value is -0.910. The number of hydrogen-bond donors (Lipinski definition) is 2. The molecule has 0 amide bonds. The van der Waals surface area contributed by atoms with Crippen molar-refractivity contribution in [3.8, 4) is 0 Å². The number of nitrogens with two attached hydrogens (primary N) is 1. The van der Waals surface area contributed by atoms with Crippen molar-refractivity contribution in [1.82, 2.24) is 15.0 Å². The van der Waals surface area contributed by atoms with Crippen LogP contribution in [0.4, 0.5) is 0 Å². The van der Waals surface area contributed by atoms with E-state index < -0.39 is 0 Å². The Morgan fingerprint density at radius 1 is 1.61 bits per heavy atom. The Bertz CT molecular complexity index is 367. The number of aryl methyl sites for hydroxylation is 1. The van der Waals surface area contributed by atoms with Crippen molar-refractivity contribution < 1.29 is 4.74 Å². The van der Waals surface area contributed by atoms with E-state index in [2.05, 4.69) is 21.9 Å². The lowest BCUT2D eigenvalue weighted by Gasteiger charge is -2.42. The molecule has 1 aromatic rings. The molecule has 1 aromatic heterocycles. The van der Waals surface area contributed by atoms with Crippen LogP contribution in [-0.4, -0.2) is 22.3 Å². The van der Waals surface area contributed by atoms with Crippen LogP contribution in [-0.2, 0) is 11.3 Å². The molecule has 0 spiro atoms. The smallest absolute Gasteiger partial charge is 0.127 e. The van der Waals surface area contributed by atoms with Crippen molar-refractivity contribution in [3.63, 3.8) is 0 Å². The van der Waals surface area contributed by atoms with E-state index in [1.54, 1.807) is 7.11 Å². The quantitative estimate of drug-likeness (QED) is 0.573. The molecule has 0 saturated heterocycles. The molecule has 1 heterocycles. The van der Waals surface area contributed by atoms with Crippen LogP contribution in [0, 0.1) is 0 Å². The predicted octanol–water partition coefficient (Wildman–Crippen LogP) is 1.76. The summed E-state index contributed by atoms with van der Waals surface area (Å²) in [6.07, 6.45) is 9.33. The molecular formula is C13H24N4O. The van der Waals surface area contributed by atoms with E-state index in [1.165, 1.54) is 6.42 Å². The molecule has 0 bridgehead atoms. The molecule has 3 N–H and O–H groups in total. The molecule has 1 atom stereocenters. The molecule has 1 aliphatic carbocycles. The normalized spacial score (nSPS) is 19.5. The van der Waals surface area contributed by atoms with Crippen LogP contribution in [0.1, 0.15) is 50.9 Å². The Morgan fingerprint density at radius 2 is 2.39 bits per heavy atom. The lowest BCUT2D eigenvalue weighted by atomic mass is 9.75. The summed E-state index contributed by atoms with van der Waals surface area (Å²) in [4.78, 5) is 4.45. The van der Waals surface area contributed by atoms with Crippen molar-refractivity contribution in [1.29, 1.82) is 0 Å². The van der Waals surface area contributed by atoms with Crippen LogP contribution >= 0.6 is 0 Å². The van der Waals surface area contributed by atoms with Gasteiger partial charge in [0.15, 0.2) is 0 Å². The van der Waals surface area contributed by atoms with Gasteiger partial charge < -0.3 is 9.30 Å². The van der Waals surface area contributed by atoms with E-state index >= 15 is 0 Å². The molecule has 1 fully saturated rings. The fraction of sp³-hybridized carbons (Fsp3) is 0.769. The molecule has 1 unspecified atom stereocenters. The van der Waals surface area contributed by atoms with Crippen molar-refractivity contribution in [3.05, 3.63) is 18.2 Å². The van der Waals surface area contributed by atoms with Crippen LogP contribution < -0.4 is 11.3 Å². The Morgan fingerprint density at radius 3 is 2.89 bits per heavy atom. The maximum atomic E-state index is 5.71. The number of methoxy groups -OCH3 is 1. The molecule has 0 aliphatic heterocycles. The molecule has 1 aliphatic rings. The van der Waals surface area contributed by atoms with Gasteiger partial charge in [0.1, 0.15) is 5.82 Å². The van der Waals surface area contributed by atoms with Gasteiger partial charge in [0.25, 0.3) is 0 Å². The number of ether oxygens (including phenoxy) is 1.